The lowest BCUT2D eigenvalue weighted by Gasteiger charge is -1.87. The van der Waals surface area contributed by atoms with E-state index in [0.717, 1.165) is 0 Å². The lowest BCUT2D eigenvalue weighted by atomic mass is 10.2. The van der Waals surface area contributed by atoms with Crippen molar-refractivity contribution in [3.05, 3.63) is 0 Å². The van der Waals surface area contributed by atoms with Crippen LogP contribution in [0.15, 0.2) is 0 Å². The third kappa shape index (κ3) is 5.82. The lowest BCUT2D eigenvalue weighted by molar-refractivity contribution is 0.216. The fourth-order valence-corrected chi connectivity index (χ4v) is 0.276. The summed E-state index contributed by atoms with van der Waals surface area (Å²) in [5, 5.41) is 7.75. The topological polar surface area (TPSA) is 85.1 Å². The molecule has 0 aliphatic rings. The number of rotatable bonds is 1. The van der Waals surface area contributed by atoms with E-state index < -0.39 is 10.2 Å². The number of nitriles is 1. The van der Waals surface area contributed by atoms with Crippen molar-refractivity contribution < 1.29 is 9.53 Å². The zero-order valence-electron chi connectivity index (χ0n) is 4.30. The molecule has 7 heteroatoms. The fourth-order valence-electron chi connectivity index (χ4n) is 0.0895. The molecule has 0 aromatic heterocycles. The van der Waals surface area contributed by atoms with Gasteiger partial charge in [0.1, 0.15) is 0 Å². The summed E-state index contributed by atoms with van der Waals surface area (Å²) in [6.45, 7) is 0. The third-order valence-electron chi connectivity index (χ3n) is 0.324. The van der Waals surface area contributed by atoms with Crippen molar-refractivity contribution in [3.8, 4) is 6.26 Å². The van der Waals surface area contributed by atoms with Gasteiger partial charge in [-0.25, -0.2) is 0 Å². The first-order valence-electron chi connectivity index (χ1n) is 1.56. The van der Waals surface area contributed by atoms with Crippen molar-refractivity contribution in [2.75, 3.05) is 0 Å². The van der Waals surface area contributed by atoms with Crippen LogP contribution in [-0.2, 0) is 4.74 Å². The Balaban J connectivity index is 0. The summed E-state index contributed by atoms with van der Waals surface area (Å²) in [6, 6.07) is 0. The van der Waals surface area contributed by atoms with E-state index in [1.807, 2.05) is 0 Å². The number of nitrogens with zero attached hydrogens (tertiary/aromatic N) is 1. The Morgan fingerprint density at radius 2 is 2.11 bits per heavy atom. The second kappa shape index (κ2) is 6.07. The highest BCUT2D eigenvalue weighted by molar-refractivity contribution is 9.50. The smallest absolute Gasteiger partial charge is 0.359 e. The lowest BCUT2D eigenvalue weighted by Crippen LogP contribution is -2.10. The van der Waals surface area contributed by atoms with E-state index in [9.17, 15) is 4.79 Å². The third-order valence-corrected chi connectivity index (χ3v) is 1.07. The Kier molecular flexibility index (Phi) is 7.90. The van der Waals surface area contributed by atoms with Crippen LogP contribution in [0.1, 0.15) is 0 Å². The quantitative estimate of drug-likeness (QED) is 0.571. The number of halogens is 2. The van der Waals surface area contributed by atoms with Crippen LogP contribution >= 0.6 is 31.5 Å². The second-order valence-electron chi connectivity index (χ2n) is 0.813. The van der Waals surface area contributed by atoms with Crippen molar-refractivity contribution in [2.45, 2.75) is 0 Å². The summed E-state index contributed by atoms with van der Waals surface area (Å²) in [6.07, 6.45) is 1.24. The van der Waals surface area contributed by atoms with Crippen molar-refractivity contribution in [2.24, 2.45) is 0 Å². The number of hydrogen-bond acceptors (Lipinski definition) is 4. The summed E-state index contributed by atoms with van der Waals surface area (Å²) in [5.41, 5.74) is 0. The van der Waals surface area contributed by atoms with Gasteiger partial charge in [-0.15, -0.1) is 36.8 Å². The number of carbonyl (C=O) groups excluding carboxylic acids is 1. The molecule has 0 aliphatic carbocycles. The van der Waals surface area contributed by atoms with Gasteiger partial charge in [0.2, 0.25) is 0 Å². The fraction of sp³-hybridized carbons (Fsp3) is 0. The molecule has 0 aromatic carbocycles. The van der Waals surface area contributed by atoms with Gasteiger partial charge in [0.15, 0.2) is 0 Å². The van der Waals surface area contributed by atoms with Crippen LogP contribution in [0.25, 0.3) is 0 Å². The second-order valence-corrected chi connectivity index (χ2v) is 3.87. The Morgan fingerprint density at radius 1 is 1.67 bits per heavy atom. The van der Waals surface area contributed by atoms with Crippen LogP contribution in [0.5, 0.6) is 0 Å². The van der Waals surface area contributed by atoms with E-state index in [-0.39, 0.29) is 6.15 Å². The summed E-state index contributed by atoms with van der Waals surface area (Å²) < 4.78 is 3.29. The molecule has 0 bridgehead atoms. The molecule has 3 N–H and O–H groups in total. The van der Waals surface area contributed by atoms with Crippen molar-refractivity contribution >= 4 is 41.7 Å². The first-order valence-corrected chi connectivity index (χ1v) is 3.39. The van der Waals surface area contributed by atoms with E-state index >= 15 is 0 Å². The molecule has 0 atom stereocenters. The van der Waals surface area contributed by atoms with Gasteiger partial charge in [-0.3, -0.25) is 4.79 Å². The Morgan fingerprint density at radius 3 is 2.22 bits per heavy atom. The molecular weight excluding hydrogens is 255 g/mol. The minimum Gasteiger partial charge on any atom is -0.359 e. The SMILES string of the molecule is N.N#COC(=O)B(Br)Br. The van der Waals surface area contributed by atoms with Gasteiger partial charge in [-0.05, 0) is 0 Å². The van der Waals surface area contributed by atoms with Gasteiger partial charge in [-0.1, -0.05) is 0 Å². The normalized spacial score (nSPS) is 6.33. The molecule has 50 valence electrons. The van der Waals surface area contributed by atoms with Crippen LogP contribution in [0.2, 0.25) is 0 Å². The van der Waals surface area contributed by atoms with E-state index in [4.69, 9.17) is 5.26 Å². The molecule has 0 radical (unpaired) electrons. The van der Waals surface area contributed by atoms with Crippen molar-refractivity contribution in [1.29, 1.82) is 5.26 Å². The highest BCUT2D eigenvalue weighted by Gasteiger charge is 2.17. The molecule has 0 fully saturated rings. The van der Waals surface area contributed by atoms with Gasteiger partial charge in [0, 0.05) is 0 Å². The Labute approximate surface area is 69.2 Å². The van der Waals surface area contributed by atoms with Crippen LogP contribution < -0.4 is 6.15 Å². The van der Waals surface area contributed by atoms with Crippen LogP contribution in [0, 0.1) is 11.5 Å². The Bertz CT molecular complexity index is 133. The average molecular weight is 258 g/mol. The predicted molar refractivity (Wildman–Crippen MR) is 40.7 cm³/mol. The summed E-state index contributed by atoms with van der Waals surface area (Å²) >= 11 is 5.66. The van der Waals surface area contributed by atoms with Gasteiger partial charge in [0.05, 0.1) is 0 Å². The summed E-state index contributed by atoms with van der Waals surface area (Å²) in [4.78, 5) is 10.2. The summed E-state index contributed by atoms with van der Waals surface area (Å²) in [7, 11) is 0. The first-order chi connectivity index (χ1) is 3.68. The Hall–Kier alpha value is -0.0551. The first kappa shape index (κ1) is 11.7. The molecule has 0 spiro atoms. The molecule has 0 saturated heterocycles. The van der Waals surface area contributed by atoms with Crippen molar-refractivity contribution in [3.63, 3.8) is 0 Å². The molecule has 0 saturated carbocycles. The maximum Gasteiger partial charge on any atom is 0.427 e. The molecule has 9 heavy (non-hydrogen) atoms. The molecule has 0 rings (SSSR count). The highest BCUT2D eigenvalue weighted by Crippen LogP contribution is 2.04. The van der Waals surface area contributed by atoms with E-state index in [1.165, 1.54) is 6.26 Å². The molecule has 0 heterocycles. The minimum absolute atomic E-state index is 0. The summed E-state index contributed by atoms with van der Waals surface area (Å²) in [5.74, 6) is -0.646. The van der Waals surface area contributed by atoms with Crippen LogP contribution in [-0.4, -0.2) is 10.2 Å². The maximum absolute atomic E-state index is 10.2. The van der Waals surface area contributed by atoms with Gasteiger partial charge in [-0.2, -0.15) is 0 Å². The number of ether oxygens (including phenoxy) is 1. The van der Waals surface area contributed by atoms with Gasteiger partial charge in [0.25, 0.3) is 12.1 Å². The van der Waals surface area contributed by atoms with E-state index in [1.54, 1.807) is 0 Å². The molecule has 0 unspecified atom stereocenters. The van der Waals surface area contributed by atoms with Gasteiger partial charge < -0.3 is 10.9 Å². The minimum atomic E-state index is -0.646. The zero-order valence-corrected chi connectivity index (χ0v) is 7.48. The molecule has 4 nitrogen and oxygen atoms in total. The molecule has 0 amide bonds. The standard InChI is InChI=1S/C2BBr2NO2.H3N/c4-3(5)2(7)8-1-6;/h;1H3. The molecule has 0 aliphatic heterocycles. The van der Waals surface area contributed by atoms with Crippen LogP contribution in [0.4, 0.5) is 4.79 Å². The largest absolute Gasteiger partial charge is 0.427 e. The molecule has 0 aromatic rings. The molecular formula is C2H3BBr2N2O2. The van der Waals surface area contributed by atoms with Crippen molar-refractivity contribution in [1.82, 2.24) is 6.15 Å². The highest BCUT2D eigenvalue weighted by atomic mass is 79.9. The predicted octanol–water partition coefficient (Wildman–Crippen LogP) is 1.63. The average Bonchev–Trinajstić information content (AvgIpc) is 1.67. The van der Waals surface area contributed by atoms with Crippen LogP contribution in [0.3, 0.4) is 0 Å². The van der Waals surface area contributed by atoms with E-state index in [2.05, 4.69) is 36.3 Å². The maximum atomic E-state index is 10.2. The number of carbonyl (C=O) groups is 1. The monoisotopic (exact) mass is 256 g/mol. The van der Waals surface area contributed by atoms with E-state index in [0.29, 0.717) is 0 Å². The number of hydrogen-bond donors (Lipinski definition) is 1. The van der Waals surface area contributed by atoms with Gasteiger partial charge >= 0.3 is 4.36 Å². The zero-order chi connectivity index (χ0) is 6.57.